The Bertz CT molecular complexity index is 906. The summed E-state index contributed by atoms with van der Waals surface area (Å²) in [4.78, 5) is 33.8. The first kappa shape index (κ1) is 21.6. The number of hydrogen-bond acceptors (Lipinski definition) is 8. The zero-order chi connectivity index (χ0) is 21.6. The molecule has 2 atom stereocenters. The molecular formula is C18H19N3O8. The number of furan rings is 1. The number of rotatable bonds is 10. The highest BCUT2D eigenvalue weighted by atomic mass is 16.5. The first-order valence-corrected chi connectivity index (χ1v) is 8.29. The number of carboxylic acids is 2. The molecule has 0 fully saturated rings. The molecule has 29 heavy (non-hydrogen) atoms. The summed E-state index contributed by atoms with van der Waals surface area (Å²) in [5.74, 6) is -3.48. The second-order valence-electron chi connectivity index (χ2n) is 5.97. The number of aliphatic hydroxyl groups is 1. The number of hydrogen-bond donors (Lipinski definition) is 6. The lowest BCUT2D eigenvalue weighted by Gasteiger charge is -2.17. The van der Waals surface area contributed by atoms with Crippen LogP contribution in [0.15, 0.2) is 40.8 Å². The van der Waals surface area contributed by atoms with Gasteiger partial charge in [-0.2, -0.15) is 0 Å². The topological polar surface area (TPSA) is 196 Å². The molecule has 0 saturated heterocycles. The van der Waals surface area contributed by atoms with Gasteiger partial charge in [-0.15, -0.1) is 0 Å². The van der Waals surface area contributed by atoms with Crippen LogP contribution < -0.4 is 15.8 Å². The molecule has 11 nitrogen and oxygen atoms in total. The van der Waals surface area contributed by atoms with Gasteiger partial charge in [-0.3, -0.25) is 20.3 Å². The van der Waals surface area contributed by atoms with E-state index in [2.05, 4.69) is 5.32 Å². The van der Waals surface area contributed by atoms with E-state index >= 15 is 0 Å². The first-order chi connectivity index (χ1) is 13.7. The van der Waals surface area contributed by atoms with Gasteiger partial charge in [0.15, 0.2) is 0 Å². The van der Waals surface area contributed by atoms with Crippen molar-refractivity contribution in [2.75, 3.05) is 0 Å². The number of aliphatic carboxylic acids is 2. The molecule has 7 N–H and O–H groups in total. The molecule has 1 aromatic heterocycles. The number of nitrogen functional groups attached to an aromatic ring is 1. The highest BCUT2D eigenvalue weighted by Gasteiger charge is 2.24. The highest BCUT2D eigenvalue weighted by molar-refractivity contribution is 5.95. The van der Waals surface area contributed by atoms with E-state index in [-0.39, 0.29) is 29.5 Å². The van der Waals surface area contributed by atoms with Crippen molar-refractivity contribution >= 4 is 23.7 Å². The average Bonchev–Trinajstić information content (AvgIpc) is 3.09. The molecule has 1 unspecified atom stereocenters. The number of amidine groups is 1. The Balaban J connectivity index is 1.95. The Kier molecular flexibility index (Phi) is 7.06. The Labute approximate surface area is 164 Å². The number of carbonyl (C=O) groups is 3. The van der Waals surface area contributed by atoms with Crippen LogP contribution in [0.4, 0.5) is 0 Å². The number of benzene rings is 1. The van der Waals surface area contributed by atoms with E-state index in [0.717, 1.165) is 0 Å². The Morgan fingerprint density at radius 3 is 2.34 bits per heavy atom. The summed E-state index contributed by atoms with van der Waals surface area (Å²) in [5.41, 5.74) is 5.81. The van der Waals surface area contributed by atoms with Crippen LogP contribution in [0.5, 0.6) is 5.75 Å². The number of aliphatic hydroxyl groups excluding tert-OH is 1. The summed E-state index contributed by atoms with van der Waals surface area (Å²) in [7, 11) is 0. The molecule has 154 valence electrons. The number of nitrogens with two attached hydrogens (primary N) is 1. The molecule has 0 saturated carbocycles. The van der Waals surface area contributed by atoms with E-state index < -0.39 is 36.6 Å². The molecule has 2 aromatic rings. The molecule has 0 amide bonds. The van der Waals surface area contributed by atoms with E-state index in [0.29, 0.717) is 5.56 Å². The van der Waals surface area contributed by atoms with Gasteiger partial charge in [0.1, 0.15) is 29.6 Å². The summed E-state index contributed by atoms with van der Waals surface area (Å²) in [6.45, 7) is 0. The molecular weight excluding hydrogens is 386 g/mol. The van der Waals surface area contributed by atoms with E-state index in [1.807, 2.05) is 0 Å². The van der Waals surface area contributed by atoms with Crippen molar-refractivity contribution in [3.63, 3.8) is 0 Å². The van der Waals surface area contributed by atoms with Crippen molar-refractivity contribution in [2.24, 2.45) is 5.73 Å². The molecule has 0 spiro atoms. The predicted octanol–water partition coefficient (Wildman–Crippen LogP) is 0.161. The highest BCUT2D eigenvalue weighted by Crippen LogP contribution is 2.16. The van der Waals surface area contributed by atoms with Gasteiger partial charge in [0.05, 0.1) is 6.42 Å². The molecule has 0 aliphatic rings. The van der Waals surface area contributed by atoms with Crippen molar-refractivity contribution in [3.8, 4) is 5.75 Å². The standard InChI is InChI=1S/C18H19N3O8/c19-16(20)9-1-3-10(4-2-9)29-18(27)13-6-5-11(28-13)7-14(22)21-12(17(25)26)8-15(23)24/h1-6,12,14,21-22H,7-8H2,(H3,19,20)(H,23,24)(H,25,26)/t12-,14?/m0/s1. The van der Waals surface area contributed by atoms with Crippen LogP contribution in [0, 0.1) is 5.41 Å². The third kappa shape index (κ3) is 6.45. The molecule has 2 rings (SSSR count). The SMILES string of the molecule is N=C(N)c1ccc(OC(=O)c2ccc(CC(O)N[C@@H](CC(=O)O)C(=O)O)o2)cc1. The van der Waals surface area contributed by atoms with Gasteiger partial charge in [0, 0.05) is 12.0 Å². The molecule has 1 aromatic carbocycles. The second-order valence-corrected chi connectivity index (χ2v) is 5.97. The van der Waals surface area contributed by atoms with Crippen LogP contribution in [0.2, 0.25) is 0 Å². The summed E-state index contributed by atoms with van der Waals surface area (Å²) < 4.78 is 10.4. The van der Waals surface area contributed by atoms with Gasteiger partial charge in [0.25, 0.3) is 0 Å². The lowest BCUT2D eigenvalue weighted by molar-refractivity contribution is -0.146. The van der Waals surface area contributed by atoms with Gasteiger partial charge in [-0.25, -0.2) is 4.79 Å². The Hall–Kier alpha value is -3.70. The third-order valence-electron chi connectivity index (χ3n) is 3.70. The second kappa shape index (κ2) is 9.48. The van der Waals surface area contributed by atoms with Gasteiger partial charge in [0.2, 0.25) is 5.76 Å². The summed E-state index contributed by atoms with van der Waals surface area (Å²) in [6, 6.07) is 7.17. The minimum Gasteiger partial charge on any atom is -0.481 e. The van der Waals surface area contributed by atoms with Gasteiger partial charge in [-0.1, -0.05) is 0 Å². The Morgan fingerprint density at radius 2 is 1.79 bits per heavy atom. The van der Waals surface area contributed by atoms with Crippen molar-refractivity contribution in [3.05, 3.63) is 53.5 Å². The van der Waals surface area contributed by atoms with E-state index in [1.54, 1.807) is 0 Å². The summed E-state index contributed by atoms with van der Waals surface area (Å²) in [6.07, 6.45) is -2.33. The molecule has 0 aliphatic carbocycles. The van der Waals surface area contributed by atoms with Crippen LogP contribution in [-0.4, -0.2) is 51.3 Å². The largest absolute Gasteiger partial charge is 0.481 e. The molecule has 11 heteroatoms. The van der Waals surface area contributed by atoms with E-state index in [4.69, 9.17) is 30.5 Å². The molecule has 1 heterocycles. The number of ether oxygens (including phenoxy) is 1. The first-order valence-electron chi connectivity index (χ1n) is 8.29. The minimum absolute atomic E-state index is 0.126. The maximum Gasteiger partial charge on any atom is 0.379 e. The summed E-state index contributed by atoms with van der Waals surface area (Å²) in [5, 5.41) is 37.1. The van der Waals surface area contributed by atoms with Crippen LogP contribution in [0.25, 0.3) is 0 Å². The lowest BCUT2D eigenvalue weighted by atomic mass is 10.2. The lowest BCUT2D eigenvalue weighted by Crippen LogP contribution is -2.45. The van der Waals surface area contributed by atoms with Gasteiger partial charge < -0.3 is 30.2 Å². The maximum atomic E-state index is 12.1. The zero-order valence-corrected chi connectivity index (χ0v) is 15.0. The van der Waals surface area contributed by atoms with Gasteiger partial charge >= 0.3 is 17.9 Å². The third-order valence-corrected chi connectivity index (χ3v) is 3.70. The monoisotopic (exact) mass is 405 g/mol. The van der Waals surface area contributed by atoms with Crippen LogP contribution in [0.1, 0.15) is 28.3 Å². The number of carboxylic acid groups (broad SMARTS) is 2. The maximum absolute atomic E-state index is 12.1. The van der Waals surface area contributed by atoms with Crippen molar-refractivity contribution in [1.82, 2.24) is 5.32 Å². The molecule has 0 radical (unpaired) electrons. The fourth-order valence-electron chi connectivity index (χ4n) is 2.33. The van der Waals surface area contributed by atoms with Crippen LogP contribution in [0.3, 0.4) is 0 Å². The molecule has 0 aliphatic heterocycles. The fraction of sp³-hybridized carbons (Fsp3) is 0.222. The van der Waals surface area contributed by atoms with Crippen molar-refractivity contribution in [1.29, 1.82) is 5.41 Å². The quantitative estimate of drug-likeness (QED) is 0.104. The number of esters is 1. The van der Waals surface area contributed by atoms with Crippen molar-refractivity contribution < 1.29 is 38.9 Å². The fourth-order valence-corrected chi connectivity index (χ4v) is 2.33. The smallest absolute Gasteiger partial charge is 0.379 e. The normalized spacial score (nSPS) is 12.7. The Morgan fingerprint density at radius 1 is 1.14 bits per heavy atom. The van der Waals surface area contributed by atoms with Gasteiger partial charge in [-0.05, 0) is 36.4 Å². The van der Waals surface area contributed by atoms with Crippen LogP contribution in [-0.2, 0) is 16.0 Å². The zero-order valence-electron chi connectivity index (χ0n) is 15.0. The van der Waals surface area contributed by atoms with Crippen LogP contribution >= 0.6 is 0 Å². The predicted molar refractivity (Wildman–Crippen MR) is 97.6 cm³/mol. The average molecular weight is 405 g/mol. The summed E-state index contributed by atoms with van der Waals surface area (Å²) >= 11 is 0. The van der Waals surface area contributed by atoms with Crippen molar-refractivity contribution in [2.45, 2.75) is 25.1 Å². The number of carbonyl (C=O) groups excluding carboxylic acids is 1. The number of nitrogens with one attached hydrogen (secondary N) is 2. The minimum atomic E-state index is -1.49. The van der Waals surface area contributed by atoms with E-state index in [1.165, 1.54) is 36.4 Å². The van der Waals surface area contributed by atoms with E-state index in [9.17, 15) is 19.5 Å². The molecule has 0 bridgehead atoms.